The zero-order chi connectivity index (χ0) is 35.4. The molecule has 1 aliphatic heterocycles. The van der Waals surface area contributed by atoms with Crippen LogP contribution < -0.4 is 20.1 Å². The van der Waals surface area contributed by atoms with Gasteiger partial charge in [0.1, 0.15) is 18.0 Å². The van der Waals surface area contributed by atoms with Crippen molar-refractivity contribution >= 4 is 45.7 Å². The van der Waals surface area contributed by atoms with E-state index in [4.69, 9.17) is 21.1 Å². The standard InChI is InChI=1S/C38H50ClN7O3/c1-36(2,3)38(7,37(4,5)6)46-18-16-45(17-19-46)15-10-20-49-32-23-30-29(22-31(32)48-8)34(42-25-41-30)43-28-13-14-33(40-24-28)44-35(47)26-11-9-12-27(39)21-26/h9,11-14,21-25H,10,15-20H2,1-8H3,(H,40,44,47)(H,41,42,43). The molecule has 4 aromatic rings. The van der Waals surface area contributed by atoms with Crippen LogP contribution in [0.3, 0.4) is 0 Å². The summed E-state index contributed by atoms with van der Waals surface area (Å²) in [7, 11) is 1.63. The molecule has 0 atom stereocenters. The first-order valence-electron chi connectivity index (χ1n) is 16.9. The predicted molar refractivity (Wildman–Crippen MR) is 198 cm³/mol. The number of hydrogen-bond acceptors (Lipinski definition) is 9. The van der Waals surface area contributed by atoms with Crippen LogP contribution in [0.4, 0.5) is 17.3 Å². The molecule has 2 N–H and O–H groups in total. The number of rotatable bonds is 11. The van der Waals surface area contributed by atoms with Crippen molar-refractivity contribution in [1.82, 2.24) is 24.8 Å². The van der Waals surface area contributed by atoms with E-state index >= 15 is 0 Å². The smallest absolute Gasteiger partial charge is 0.256 e. The fourth-order valence-electron chi connectivity index (χ4n) is 6.90. The number of fused-ring (bicyclic) bond motifs is 1. The Morgan fingerprint density at radius 3 is 2.27 bits per heavy atom. The summed E-state index contributed by atoms with van der Waals surface area (Å²) in [6.45, 7) is 22.5. The van der Waals surface area contributed by atoms with Gasteiger partial charge in [0.05, 0.1) is 31.1 Å². The van der Waals surface area contributed by atoms with Gasteiger partial charge in [-0.15, -0.1) is 0 Å². The topological polar surface area (TPSA) is 105 Å². The maximum absolute atomic E-state index is 12.6. The third-order valence-electron chi connectivity index (χ3n) is 10.1. The molecule has 262 valence electrons. The molecule has 0 saturated carbocycles. The summed E-state index contributed by atoms with van der Waals surface area (Å²) in [6, 6.07) is 14.1. The Morgan fingerprint density at radius 2 is 1.63 bits per heavy atom. The Kier molecular flexibility index (Phi) is 11.0. The number of benzene rings is 2. The van der Waals surface area contributed by atoms with Gasteiger partial charge in [-0.3, -0.25) is 9.69 Å². The minimum atomic E-state index is -0.291. The van der Waals surface area contributed by atoms with Crippen LogP contribution in [0.25, 0.3) is 10.9 Å². The molecule has 1 fully saturated rings. The number of hydrogen-bond donors (Lipinski definition) is 2. The maximum Gasteiger partial charge on any atom is 0.256 e. The van der Waals surface area contributed by atoms with Crippen LogP contribution in [0.5, 0.6) is 11.5 Å². The number of ether oxygens (including phenoxy) is 2. The number of aromatic nitrogens is 3. The summed E-state index contributed by atoms with van der Waals surface area (Å²) < 4.78 is 12.0. The van der Waals surface area contributed by atoms with Gasteiger partial charge in [-0.1, -0.05) is 59.2 Å². The quantitative estimate of drug-likeness (QED) is 0.152. The van der Waals surface area contributed by atoms with Crippen molar-refractivity contribution in [1.29, 1.82) is 0 Å². The lowest BCUT2D eigenvalue weighted by Crippen LogP contribution is -2.66. The van der Waals surface area contributed by atoms with E-state index in [1.807, 2.05) is 18.2 Å². The molecule has 0 radical (unpaired) electrons. The van der Waals surface area contributed by atoms with Gasteiger partial charge in [0.2, 0.25) is 0 Å². The van der Waals surface area contributed by atoms with E-state index in [0.29, 0.717) is 46.0 Å². The molecule has 11 heteroatoms. The molecule has 0 spiro atoms. The van der Waals surface area contributed by atoms with Crippen molar-refractivity contribution < 1.29 is 14.3 Å². The number of amides is 1. The average Bonchev–Trinajstić information content (AvgIpc) is 3.06. The number of methoxy groups -OCH3 is 1. The van der Waals surface area contributed by atoms with Gasteiger partial charge in [0, 0.05) is 60.3 Å². The zero-order valence-electron chi connectivity index (χ0n) is 30.1. The van der Waals surface area contributed by atoms with Gasteiger partial charge in [0.15, 0.2) is 11.5 Å². The van der Waals surface area contributed by atoms with Crippen LogP contribution >= 0.6 is 11.6 Å². The normalized spacial score (nSPS) is 14.9. The van der Waals surface area contributed by atoms with E-state index in [1.165, 1.54) is 6.33 Å². The Balaban J connectivity index is 1.16. The molecule has 10 nitrogen and oxygen atoms in total. The predicted octanol–water partition coefficient (Wildman–Crippen LogP) is 7.92. The largest absolute Gasteiger partial charge is 0.493 e. The second kappa shape index (κ2) is 14.9. The molecule has 49 heavy (non-hydrogen) atoms. The Bertz CT molecular complexity index is 1730. The van der Waals surface area contributed by atoms with E-state index in [-0.39, 0.29) is 22.3 Å². The summed E-state index contributed by atoms with van der Waals surface area (Å²) in [6.07, 6.45) is 4.05. The molecule has 5 rings (SSSR count). The number of carbonyl (C=O) groups is 1. The molecule has 0 aliphatic carbocycles. The monoisotopic (exact) mass is 687 g/mol. The lowest BCUT2D eigenvalue weighted by Gasteiger charge is -2.59. The van der Waals surface area contributed by atoms with Crippen LogP contribution in [0.1, 0.15) is 65.2 Å². The van der Waals surface area contributed by atoms with Crippen LogP contribution in [0, 0.1) is 10.8 Å². The molecule has 1 saturated heterocycles. The van der Waals surface area contributed by atoms with Crippen molar-refractivity contribution in [2.75, 3.05) is 57.1 Å². The van der Waals surface area contributed by atoms with Crippen molar-refractivity contribution in [2.45, 2.75) is 60.4 Å². The summed E-state index contributed by atoms with van der Waals surface area (Å²) in [5.41, 5.74) is 2.31. The first-order valence-corrected chi connectivity index (χ1v) is 17.3. The number of carbonyl (C=O) groups excluding carboxylic acids is 1. The van der Waals surface area contributed by atoms with Gasteiger partial charge in [0.25, 0.3) is 5.91 Å². The van der Waals surface area contributed by atoms with E-state index < -0.39 is 0 Å². The van der Waals surface area contributed by atoms with Gasteiger partial charge in [-0.05, 0) is 60.6 Å². The summed E-state index contributed by atoms with van der Waals surface area (Å²) in [5, 5.41) is 7.36. The second-order valence-electron chi connectivity index (χ2n) is 14.9. The molecule has 2 aromatic heterocycles. The van der Waals surface area contributed by atoms with Crippen molar-refractivity contribution in [3.8, 4) is 11.5 Å². The lowest BCUT2D eigenvalue weighted by atomic mass is 9.60. The molecule has 1 aliphatic rings. The first kappa shape index (κ1) is 36.3. The fraction of sp³-hybridized carbons (Fsp3) is 0.474. The van der Waals surface area contributed by atoms with Gasteiger partial charge in [-0.25, -0.2) is 15.0 Å². The summed E-state index contributed by atoms with van der Waals surface area (Å²) in [5.74, 6) is 1.98. The number of nitrogens with zero attached hydrogens (tertiary/aromatic N) is 5. The average molecular weight is 688 g/mol. The van der Waals surface area contributed by atoms with Crippen LogP contribution in [-0.2, 0) is 0 Å². The second-order valence-corrected chi connectivity index (χ2v) is 15.3. The lowest BCUT2D eigenvalue weighted by molar-refractivity contribution is -0.0921. The number of nitrogens with one attached hydrogen (secondary N) is 2. The zero-order valence-corrected chi connectivity index (χ0v) is 30.8. The highest BCUT2D eigenvalue weighted by Crippen LogP contribution is 2.48. The van der Waals surface area contributed by atoms with Crippen molar-refractivity contribution in [3.63, 3.8) is 0 Å². The first-order chi connectivity index (χ1) is 23.2. The van der Waals surface area contributed by atoms with Crippen LogP contribution in [0.15, 0.2) is 61.1 Å². The van der Waals surface area contributed by atoms with Gasteiger partial charge >= 0.3 is 0 Å². The molecule has 2 aromatic carbocycles. The molecular formula is C38H50ClN7O3. The maximum atomic E-state index is 12.6. The van der Waals surface area contributed by atoms with Crippen LogP contribution in [0.2, 0.25) is 5.02 Å². The minimum Gasteiger partial charge on any atom is -0.493 e. The minimum absolute atomic E-state index is 0.0972. The summed E-state index contributed by atoms with van der Waals surface area (Å²) >= 11 is 6.02. The SMILES string of the molecule is COc1cc2c(Nc3ccc(NC(=O)c4cccc(Cl)c4)nc3)ncnc2cc1OCCCN1CCN(C(C)(C(C)(C)C)C(C)(C)C)CC1. The van der Waals surface area contributed by atoms with E-state index in [1.54, 1.807) is 43.6 Å². The molecule has 0 unspecified atom stereocenters. The number of anilines is 3. The Morgan fingerprint density at radius 1 is 0.898 bits per heavy atom. The van der Waals surface area contributed by atoms with E-state index in [0.717, 1.165) is 50.0 Å². The van der Waals surface area contributed by atoms with Crippen molar-refractivity contribution in [2.24, 2.45) is 10.8 Å². The molecule has 3 heterocycles. The van der Waals surface area contributed by atoms with E-state index in [2.05, 4.69) is 83.9 Å². The third kappa shape index (κ3) is 8.25. The van der Waals surface area contributed by atoms with Gasteiger partial charge < -0.3 is 25.0 Å². The Labute approximate surface area is 295 Å². The van der Waals surface area contributed by atoms with E-state index in [9.17, 15) is 4.79 Å². The number of pyridine rings is 1. The number of halogens is 1. The molecule has 0 bridgehead atoms. The highest BCUT2D eigenvalue weighted by Gasteiger charge is 2.51. The molecule has 1 amide bonds. The van der Waals surface area contributed by atoms with Crippen molar-refractivity contribution in [3.05, 3.63) is 71.6 Å². The van der Waals surface area contributed by atoms with Crippen LogP contribution in [-0.4, -0.2) is 82.6 Å². The molecular weight excluding hydrogens is 638 g/mol. The summed E-state index contributed by atoms with van der Waals surface area (Å²) in [4.78, 5) is 31.1. The number of piperazine rings is 1. The fourth-order valence-corrected chi connectivity index (χ4v) is 7.09. The third-order valence-corrected chi connectivity index (χ3v) is 10.3. The highest BCUT2D eigenvalue weighted by molar-refractivity contribution is 6.31. The highest BCUT2D eigenvalue weighted by atomic mass is 35.5. The Hall–Kier alpha value is -3.99. The van der Waals surface area contributed by atoms with Gasteiger partial charge in [-0.2, -0.15) is 0 Å².